The largest absolute Gasteiger partial charge is 0.478 e. The van der Waals surface area contributed by atoms with Gasteiger partial charge in [0.05, 0.1) is 11.1 Å². The van der Waals surface area contributed by atoms with Gasteiger partial charge in [0.25, 0.3) is 0 Å². The van der Waals surface area contributed by atoms with E-state index in [0.29, 0.717) is 5.56 Å². The molecule has 0 unspecified atom stereocenters. The minimum absolute atomic E-state index is 0.0609. The lowest BCUT2D eigenvalue weighted by Gasteiger charge is -2.12. The van der Waals surface area contributed by atoms with E-state index in [1.807, 2.05) is 0 Å². The van der Waals surface area contributed by atoms with E-state index < -0.39 is 17.7 Å². The summed E-state index contributed by atoms with van der Waals surface area (Å²) in [6.45, 7) is 0. The number of benzene rings is 3. The van der Waals surface area contributed by atoms with Crippen molar-refractivity contribution in [3.8, 4) is 0 Å². The normalized spacial score (nSPS) is 10.6. The fraction of sp³-hybridized carbons (Fsp3) is 0. The average molecular weight is 355 g/mol. The van der Waals surface area contributed by atoms with Crippen molar-refractivity contribution < 1.29 is 24.6 Å². The molecule has 0 amide bonds. The van der Waals surface area contributed by atoms with Crippen molar-refractivity contribution in [3.05, 3.63) is 81.9 Å². The van der Waals surface area contributed by atoms with Crippen LogP contribution in [0.15, 0.2) is 54.6 Å². The fourth-order valence-corrected chi connectivity index (χ4v) is 2.97. The van der Waals surface area contributed by atoms with Gasteiger partial charge in [-0.25, -0.2) is 9.59 Å². The van der Waals surface area contributed by atoms with Gasteiger partial charge >= 0.3 is 11.9 Å². The molecule has 0 radical (unpaired) electrons. The van der Waals surface area contributed by atoms with Crippen LogP contribution in [0.1, 0.15) is 36.6 Å². The predicted octanol–water partition coefficient (Wildman–Crippen LogP) is 4.12. The molecular formula is C19H11ClO5. The van der Waals surface area contributed by atoms with Gasteiger partial charge in [0.15, 0.2) is 5.78 Å². The van der Waals surface area contributed by atoms with E-state index in [0.717, 1.165) is 0 Å². The van der Waals surface area contributed by atoms with E-state index in [1.54, 1.807) is 30.3 Å². The third-order valence-corrected chi connectivity index (χ3v) is 4.18. The Bertz CT molecular complexity index is 1020. The lowest BCUT2D eigenvalue weighted by molar-refractivity contribution is 0.0693. The summed E-state index contributed by atoms with van der Waals surface area (Å²) in [7, 11) is 0. The molecule has 3 aromatic carbocycles. The topological polar surface area (TPSA) is 91.7 Å². The van der Waals surface area contributed by atoms with Gasteiger partial charge < -0.3 is 10.2 Å². The van der Waals surface area contributed by atoms with Crippen LogP contribution in [0, 0.1) is 0 Å². The molecule has 0 aromatic heterocycles. The highest BCUT2D eigenvalue weighted by atomic mass is 35.5. The molecule has 124 valence electrons. The summed E-state index contributed by atoms with van der Waals surface area (Å²) in [6, 6.07) is 13.6. The number of carboxylic acids is 2. The first-order valence-corrected chi connectivity index (χ1v) is 7.61. The first-order valence-electron chi connectivity index (χ1n) is 7.23. The first-order chi connectivity index (χ1) is 11.9. The molecule has 3 rings (SSSR count). The Morgan fingerprint density at radius 2 is 1.40 bits per heavy atom. The molecule has 0 saturated carbocycles. The maximum Gasteiger partial charge on any atom is 0.337 e. The van der Waals surface area contributed by atoms with Crippen LogP contribution in [0.25, 0.3) is 10.8 Å². The Balaban J connectivity index is 2.40. The number of carbonyl (C=O) groups excluding carboxylic acids is 1. The molecule has 0 heterocycles. The smallest absolute Gasteiger partial charge is 0.337 e. The fourth-order valence-electron chi connectivity index (χ4n) is 2.75. The zero-order chi connectivity index (χ0) is 18.1. The number of carboxylic acid groups (broad SMARTS) is 2. The molecule has 3 aromatic rings. The maximum absolute atomic E-state index is 12.7. The van der Waals surface area contributed by atoms with E-state index >= 15 is 0 Å². The van der Waals surface area contributed by atoms with Gasteiger partial charge in [-0.1, -0.05) is 48.0 Å². The van der Waals surface area contributed by atoms with Gasteiger partial charge in [-0.3, -0.25) is 4.79 Å². The van der Waals surface area contributed by atoms with Gasteiger partial charge in [-0.2, -0.15) is 0 Å². The number of halogens is 1. The number of fused-ring (bicyclic) bond motifs is 1. The number of hydrogen-bond donors (Lipinski definition) is 2. The molecular weight excluding hydrogens is 344 g/mol. The van der Waals surface area contributed by atoms with Crippen molar-refractivity contribution in [1.82, 2.24) is 0 Å². The standard InChI is InChI=1S/C19H11ClO5/c20-14-9-8-13(18(22)23)15-11(14)6-7-12(16(15)19(24)25)17(21)10-4-2-1-3-5-10/h1-9H,(H,22,23)(H,24,25). The number of aromatic carboxylic acids is 2. The molecule has 0 bridgehead atoms. The van der Waals surface area contributed by atoms with Gasteiger partial charge in [0.2, 0.25) is 0 Å². The van der Waals surface area contributed by atoms with Gasteiger partial charge in [0.1, 0.15) is 0 Å². The van der Waals surface area contributed by atoms with E-state index in [2.05, 4.69) is 0 Å². The van der Waals surface area contributed by atoms with Crippen LogP contribution in [0.4, 0.5) is 0 Å². The molecule has 0 saturated heterocycles. The van der Waals surface area contributed by atoms with Crippen LogP contribution in [-0.4, -0.2) is 27.9 Å². The lowest BCUT2D eigenvalue weighted by atomic mass is 9.91. The highest BCUT2D eigenvalue weighted by molar-refractivity contribution is 6.37. The Morgan fingerprint density at radius 1 is 0.760 bits per heavy atom. The predicted molar refractivity (Wildman–Crippen MR) is 92.8 cm³/mol. The van der Waals surface area contributed by atoms with Crippen molar-refractivity contribution in [2.75, 3.05) is 0 Å². The van der Waals surface area contributed by atoms with Crippen molar-refractivity contribution in [2.45, 2.75) is 0 Å². The summed E-state index contributed by atoms with van der Waals surface area (Å²) >= 11 is 6.09. The number of carbonyl (C=O) groups is 3. The van der Waals surface area contributed by atoms with Crippen molar-refractivity contribution in [2.24, 2.45) is 0 Å². The highest BCUT2D eigenvalue weighted by Gasteiger charge is 2.25. The van der Waals surface area contributed by atoms with E-state index in [1.165, 1.54) is 24.3 Å². The minimum atomic E-state index is -1.39. The number of ketones is 1. The second-order valence-electron chi connectivity index (χ2n) is 5.31. The van der Waals surface area contributed by atoms with Crippen molar-refractivity contribution >= 4 is 40.1 Å². The summed E-state index contributed by atoms with van der Waals surface area (Å²) < 4.78 is 0. The molecule has 0 atom stereocenters. The SMILES string of the molecule is O=C(c1ccccc1)c1ccc2c(Cl)ccc(C(=O)O)c2c1C(=O)O. The summed E-state index contributed by atoms with van der Waals surface area (Å²) in [4.78, 5) is 36.1. The first kappa shape index (κ1) is 16.7. The molecule has 0 aliphatic rings. The summed E-state index contributed by atoms with van der Waals surface area (Å²) in [5.74, 6) is -3.20. The van der Waals surface area contributed by atoms with Crippen LogP contribution in [0.2, 0.25) is 5.02 Å². The molecule has 0 aliphatic carbocycles. The Labute approximate surface area is 147 Å². The Kier molecular flexibility index (Phi) is 4.25. The van der Waals surface area contributed by atoms with Gasteiger partial charge in [0, 0.05) is 26.9 Å². The molecule has 2 N–H and O–H groups in total. The molecule has 6 heteroatoms. The highest BCUT2D eigenvalue weighted by Crippen LogP contribution is 2.32. The second kappa shape index (κ2) is 6.37. The summed E-state index contributed by atoms with van der Waals surface area (Å²) in [6.07, 6.45) is 0. The quantitative estimate of drug-likeness (QED) is 0.687. The van der Waals surface area contributed by atoms with E-state index in [9.17, 15) is 24.6 Å². The zero-order valence-electron chi connectivity index (χ0n) is 12.7. The third-order valence-electron chi connectivity index (χ3n) is 3.85. The van der Waals surface area contributed by atoms with E-state index in [4.69, 9.17) is 11.6 Å². The molecule has 0 spiro atoms. The summed E-state index contributed by atoms with van der Waals surface area (Å²) in [5, 5.41) is 19.5. The molecule has 5 nitrogen and oxygen atoms in total. The lowest BCUT2D eigenvalue weighted by Crippen LogP contribution is -2.12. The van der Waals surface area contributed by atoms with Crippen LogP contribution >= 0.6 is 11.6 Å². The van der Waals surface area contributed by atoms with Gasteiger partial charge in [-0.15, -0.1) is 0 Å². The van der Waals surface area contributed by atoms with Crippen molar-refractivity contribution in [3.63, 3.8) is 0 Å². The zero-order valence-corrected chi connectivity index (χ0v) is 13.4. The number of rotatable bonds is 4. The third kappa shape index (κ3) is 2.86. The molecule has 0 fully saturated rings. The number of hydrogen-bond acceptors (Lipinski definition) is 3. The minimum Gasteiger partial charge on any atom is -0.478 e. The van der Waals surface area contributed by atoms with Crippen LogP contribution < -0.4 is 0 Å². The molecule has 0 aliphatic heterocycles. The van der Waals surface area contributed by atoms with Crippen LogP contribution in [0.3, 0.4) is 0 Å². The second-order valence-corrected chi connectivity index (χ2v) is 5.72. The maximum atomic E-state index is 12.7. The van der Waals surface area contributed by atoms with Crippen LogP contribution in [-0.2, 0) is 0 Å². The van der Waals surface area contributed by atoms with E-state index in [-0.39, 0.29) is 32.5 Å². The molecule has 25 heavy (non-hydrogen) atoms. The van der Waals surface area contributed by atoms with Crippen LogP contribution in [0.5, 0.6) is 0 Å². The van der Waals surface area contributed by atoms with Gasteiger partial charge in [-0.05, 0) is 18.2 Å². The Morgan fingerprint density at radius 3 is 2.00 bits per heavy atom. The summed E-state index contributed by atoms with van der Waals surface area (Å²) in [5.41, 5.74) is -0.370. The Hall–Kier alpha value is -3.18. The monoisotopic (exact) mass is 354 g/mol. The van der Waals surface area contributed by atoms with Crippen molar-refractivity contribution in [1.29, 1.82) is 0 Å². The average Bonchev–Trinajstić information content (AvgIpc) is 2.60.